The first kappa shape index (κ1) is 22.7. The first-order chi connectivity index (χ1) is 17.2. The molecule has 1 aliphatic carbocycles. The van der Waals surface area contributed by atoms with E-state index in [0.717, 1.165) is 36.1 Å². The summed E-state index contributed by atoms with van der Waals surface area (Å²) >= 11 is 0. The van der Waals surface area contributed by atoms with Crippen molar-refractivity contribution in [3.8, 4) is 0 Å². The standard InChI is InChI=1S/C28H28N4O3/c33-27(24(17-20-9-3-1-4-10-20)31-28(34)26-15-8-16-35-26)30-23-13-7-14-25-22(23)18-29-32(25)19-21-11-5-2-6-12-21/h1-6,8-12,15-16,18,23-24H,7,13-14,17,19H2,(H,30,33)(H,31,34). The molecule has 7 nitrogen and oxygen atoms in total. The van der Waals surface area contributed by atoms with Crippen LogP contribution >= 0.6 is 0 Å². The van der Waals surface area contributed by atoms with E-state index in [2.05, 4.69) is 27.9 Å². The lowest BCUT2D eigenvalue weighted by atomic mass is 9.92. The van der Waals surface area contributed by atoms with Crippen LogP contribution in [0.4, 0.5) is 0 Å². The van der Waals surface area contributed by atoms with Crippen LogP contribution in [-0.4, -0.2) is 27.6 Å². The maximum Gasteiger partial charge on any atom is 0.287 e. The van der Waals surface area contributed by atoms with Gasteiger partial charge in [0, 0.05) is 17.7 Å². The van der Waals surface area contributed by atoms with Gasteiger partial charge in [-0.15, -0.1) is 0 Å². The summed E-state index contributed by atoms with van der Waals surface area (Å²) in [4.78, 5) is 26.1. The van der Waals surface area contributed by atoms with Crippen LogP contribution in [0.1, 0.15) is 51.8 Å². The summed E-state index contributed by atoms with van der Waals surface area (Å²) < 4.78 is 7.25. The number of nitrogens with zero attached hydrogens (tertiary/aromatic N) is 2. The summed E-state index contributed by atoms with van der Waals surface area (Å²) in [6.45, 7) is 0.701. The molecule has 2 aromatic heterocycles. The van der Waals surface area contributed by atoms with Gasteiger partial charge in [0.2, 0.25) is 5.91 Å². The Balaban J connectivity index is 1.33. The zero-order valence-electron chi connectivity index (χ0n) is 19.4. The molecule has 35 heavy (non-hydrogen) atoms. The van der Waals surface area contributed by atoms with Crippen molar-refractivity contribution in [3.63, 3.8) is 0 Å². The Morgan fingerprint density at radius 2 is 1.74 bits per heavy atom. The number of nitrogens with one attached hydrogen (secondary N) is 2. The summed E-state index contributed by atoms with van der Waals surface area (Å²) in [6.07, 6.45) is 6.41. The van der Waals surface area contributed by atoms with E-state index in [9.17, 15) is 9.59 Å². The van der Waals surface area contributed by atoms with Crippen molar-refractivity contribution < 1.29 is 14.0 Å². The third-order valence-electron chi connectivity index (χ3n) is 6.40. The smallest absolute Gasteiger partial charge is 0.287 e. The SMILES string of the molecule is O=C(NC(Cc1ccccc1)C(=O)NC1CCCc2c1cnn2Cc1ccccc1)c1ccco1. The third-order valence-corrected chi connectivity index (χ3v) is 6.40. The van der Waals surface area contributed by atoms with Crippen molar-refractivity contribution in [2.24, 2.45) is 0 Å². The van der Waals surface area contributed by atoms with E-state index in [4.69, 9.17) is 4.42 Å². The molecule has 178 valence electrons. The third kappa shape index (κ3) is 5.35. The van der Waals surface area contributed by atoms with E-state index in [-0.39, 0.29) is 17.7 Å². The zero-order valence-corrected chi connectivity index (χ0v) is 19.4. The van der Waals surface area contributed by atoms with Crippen LogP contribution in [-0.2, 0) is 24.2 Å². The number of fused-ring (bicyclic) bond motifs is 1. The minimum absolute atomic E-state index is 0.144. The Hall–Kier alpha value is -4.13. The molecule has 0 radical (unpaired) electrons. The van der Waals surface area contributed by atoms with Gasteiger partial charge in [-0.2, -0.15) is 5.10 Å². The van der Waals surface area contributed by atoms with Crippen LogP contribution in [0.5, 0.6) is 0 Å². The van der Waals surface area contributed by atoms with Crippen LogP contribution in [0, 0.1) is 0 Å². The second-order valence-corrected chi connectivity index (χ2v) is 8.84. The lowest BCUT2D eigenvalue weighted by Crippen LogP contribution is -2.49. The second kappa shape index (κ2) is 10.4. The van der Waals surface area contributed by atoms with Crippen molar-refractivity contribution >= 4 is 11.8 Å². The van der Waals surface area contributed by atoms with Crippen molar-refractivity contribution in [3.05, 3.63) is 113 Å². The monoisotopic (exact) mass is 468 g/mol. The summed E-state index contributed by atoms with van der Waals surface area (Å²) in [7, 11) is 0. The normalized spacial score (nSPS) is 15.7. The van der Waals surface area contributed by atoms with Gasteiger partial charge < -0.3 is 15.1 Å². The lowest BCUT2D eigenvalue weighted by Gasteiger charge is -2.27. The molecule has 0 saturated heterocycles. The average Bonchev–Trinajstić information content (AvgIpc) is 3.56. The number of carbonyl (C=O) groups excluding carboxylic acids is 2. The molecule has 2 N–H and O–H groups in total. The Morgan fingerprint density at radius 3 is 2.46 bits per heavy atom. The highest BCUT2D eigenvalue weighted by molar-refractivity contribution is 5.95. The predicted molar refractivity (Wildman–Crippen MR) is 132 cm³/mol. The van der Waals surface area contributed by atoms with E-state index in [0.29, 0.717) is 13.0 Å². The highest BCUT2D eigenvalue weighted by Gasteiger charge is 2.29. The summed E-state index contributed by atoms with van der Waals surface area (Å²) in [5.74, 6) is -0.452. The van der Waals surface area contributed by atoms with Crippen LogP contribution in [0.15, 0.2) is 89.7 Å². The molecule has 2 atom stereocenters. The largest absolute Gasteiger partial charge is 0.459 e. The van der Waals surface area contributed by atoms with Gasteiger partial charge >= 0.3 is 0 Å². The van der Waals surface area contributed by atoms with Crippen LogP contribution in [0.3, 0.4) is 0 Å². The molecule has 5 rings (SSSR count). The van der Waals surface area contributed by atoms with Crippen molar-refractivity contribution in [1.29, 1.82) is 0 Å². The van der Waals surface area contributed by atoms with Crippen molar-refractivity contribution in [2.45, 2.75) is 44.3 Å². The Morgan fingerprint density at radius 1 is 1.00 bits per heavy atom. The summed E-state index contributed by atoms with van der Waals surface area (Å²) in [5, 5.41) is 10.7. The number of carbonyl (C=O) groups is 2. The fourth-order valence-electron chi connectivity index (χ4n) is 4.63. The highest BCUT2D eigenvalue weighted by atomic mass is 16.3. The molecular formula is C28H28N4O3. The van der Waals surface area contributed by atoms with Gasteiger partial charge in [0.05, 0.1) is 25.0 Å². The predicted octanol–water partition coefficient (Wildman–Crippen LogP) is 4.06. The van der Waals surface area contributed by atoms with Gasteiger partial charge in [0.1, 0.15) is 6.04 Å². The molecule has 0 saturated carbocycles. The Kier molecular flexibility index (Phi) is 6.75. The molecule has 0 fully saturated rings. The Bertz CT molecular complexity index is 1270. The van der Waals surface area contributed by atoms with Gasteiger partial charge in [-0.25, -0.2) is 0 Å². The molecule has 0 aliphatic heterocycles. The number of rotatable bonds is 8. The molecular weight excluding hydrogens is 440 g/mol. The lowest BCUT2D eigenvalue weighted by molar-refractivity contribution is -0.123. The molecule has 0 bridgehead atoms. The van der Waals surface area contributed by atoms with E-state index < -0.39 is 11.9 Å². The molecule has 2 heterocycles. The maximum atomic E-state index is 13.4. The van der Waals surface area contributed by atoms with Gasteiger partial charge in [-0.1, -0.05) is 60.7 Å². The van der Waals surface area contributed by atoms with Gasteiger partial charge in [0.15, 0.2) is 5.76 Å². The number of hydrogen-bond acceptors (Lipinski definition) is 4. The average molecular weight is 469 g/mol. The van der Waals surface area contributed by atoms with E-state index in [1.165, 1.54) is 11.8 Å². The first-order valence-corrected chi connectivity index (χ1v) is 11.9. The fourth-order valence-corrected chi connectivity index (χ4v) is 4.63. The molecule has 2 aromatic carbocycles. The highest BCUT2D eigenvalue weighted by Crippen LogP contribution is 2.30. The molecule has 2 unspecified atom stereocenters. The van der Waals surface area contributed by atoms with Crippen molar-refractivity contribution in [1.82, 2.24) is 20.4 Å². The number of hydrogen-bond donors (Lipinski definition) is 2. The second-order valence-electron chi connectivity index (χ2n) is 8.84. The molecule has 2 amide bonds. The summed E-state index contributed by atoms with van der Waals surface area (Å²) in [6, 6.07) is 22.3. The van der Waals surface area contributed by atoms with Crippen molar-refractivity contribution in [2.75, 3.05) is 0 Å². The number of furan rings is 1. The quantitative estimate of drug-likeness (QED) is 0.408. The molecule has 7 heteroatoms. The van der Waals surface area contributed by atoms with E-state index >= 15 is 0 Å². The van der Waals surface area contributed by atoms with Gasteiger partial charge in [-0.3, -0.25) is 14.3 Å². The van der Waals surface area contributed by atoms with Gasteiger partial charge in [0.25, 0.3) is 5.91 Å². The van der Waals surface area contributed by atoms with Crippen LogP contribution in [0.2, 0.25) is 0 Å². The summed E-state index contributed by atoms with van der Waals surface area (Å²) in [5.41, 5.74) is 4.36. The topological polar surface area (TPSA) is 89.2 Å². The number of benzene rings is 2. The van der Waals surface area contributed by atoms with Gasteiger partial charge in [-0.05, 0) is 42.5 Å². The molecule has 1 aliphatic rings. The fraction of sp³-hybridized carbons (Fsp3) is 0.250. The first-order valence-electron chi connectivity index (χ1n) is 11.9. The molecule has 4 aromatic rings. The van der Waals surface area contributed by atoms with E-state index in [1.807, 2.05) is 59.4 Å². The number of amides is 2. The minimum atomic E-state index is -0.736. The van der Waals surface area contributed by atoms with Crippen LogP contribution in [0.25, 0.3) is 0 Å². The maximum absolute atomic E-state index is 13.4. The zero-order chi connectivity index (χ0) is 24.0. The number of aromatic nitrogens is 2. The van der Waals surface area contributed by atoms with Crippen LogP contribution < -0.4 is 10.6 Å². The molecule has 0 spiro atoms. The Labute approximate surface area is 204 Å². The van der Waals surface area contributed by atoms with E-state index in [1.54, 1.807) is 12.1 Å². The minimum Gasteiger partial charge on any atom is -0.459 e.